The summed E-state index contributed by atoms with van der Waals surface area (Å²) in [6, 6.07) is 12.6. The fourth-order valence-corrected chi connectivity index (χ4v) is 2.80. The number of hydrogen-bond acceptors (Lipinski definition) is 2. The highest BCUT2D eigenvalue weighted by Gasteiger charge is 2.10. The van der Waals surface area contributed by atoms with Gasteiger partial charge in [-0.1, -0.05) is 50.1 Å². The molecule has 0 fully saturated rings. The maximum absolute atomic E-state index is 8.84. The van der Waals surface area contributed by atoms with Gasteiger partial charge in [-0.2, -0.15) is 17.0 Å². The standard InChI is InChI=1S/C14H19NS/c1-2-3-7-12-16-14(10-11-15)13-8-5-4-6-9-13/h4-6,8-9,14H,2-3,7,10,12H2,1H3. The molecule has 1 rings (SSSR count). The summed E-state index contributed by atoms with van der Waals surface area (Å²) in [7, 11) is 0. The molecule has 0 aliphatic rings. The van der Waals surface area contributed by atoms with Gasteiger partial charge in [-0.05, 0) is 17.7 Å². The van der Waals surface area contributed by atoms with Gasteiger partial charge in [0.1, 0.15) is 0 Å². The quantitative estimate of drug-likeness (QED) is 0.644. The molecule has 2 heteroatoms. The lowest BCUT2D eigenvalue weighted by Crippen LogP contribution is -1.94. The Kier molecular flexibility index (Phi) is 6.76. The van der Waals surface area contributed by atoms with Gasteiger partial charge in [-0.15, -0.1) is 0 Å². The van der Waals surface area contributed by atoms with Crippen molar-refractivity contribution in [1.29, 1.82) is 5.26 Å². The van der Waals surface area contributed by atoms with Crippen LogP contribution in [0, 0.1) is 11.3 Å². The van der Waals surface area contributed by atoms with E-state index in [1.54, 1.807) is 0 Å². The van der Waals surface area contributed by atoms with Crippen molar-refractivity contribution in [1.82, 2.24) is 0 Å². The molecule has 0 bridgehead atoms. The Morgan fingerprint density at radius 1 is 1.25 bits per heavy atom. The van der Waals surface area contributed by atoms with E-state index in [1.807, 2.05) is 30.0 Å². The first-order chi connectivity index (χ1) is 7.88. The Labute approximate surface area is 103 Å². The second-order valence-electron chi connectivity index (χ2n) is 3.84. The van der Waals surface area contributed by atoms with Crippen LogP contribution in [-0.2, 0) is 0 Å². The molecule has 0 spiro atoms. The minimum atomic E-state index is 0.350. The molecule has 16 heavy (non-hydrogen) atoms. The largest absolute Gasteiger partial charge is 0.198 e. The zero-order chi connectivity index (χ0) is 11.6. The van der Waals surface area contributed by atoms with Crippen LogP contribution in [0.25, 0.3) is 0 Å². The Balaban J connectivity index is 2.45. The average molecular weight is 233 g/mol. The molecule has 0 aliphatic carbocycles. The van der Waals surface area contributed by atoms with Crippen LogP contribution in [-0.4, -0.2) is 5.75 Å². The van der Waals surface area contributed by atoms with Crippen LogP contribution in [0.1, 0.15) is 43.4 Å². The molecular weight excluding hydrogens is 214 g/mol. The van der Waals surface area contributed by atoms with Crippen molar-refractivity contribution in [2.75, 3.05) is 5.75 Å². The summed E-state index contributed by atoms with van der Waals surface area (Å²) in [5.41, 5.74) is 1.28. The van der Waals surface area contributed by atoms with E-state index >= 15 is 0 Å². The predicted octanol–water partition coefficient (Wildman–Crippen LogP) is 4.56. The summed E-state index contributed by atoms with van der Waals surface area (Å²) in [6.45, 7) is 2.22. The summed E-state index contributed by atoms with van der Waals surface area (Å²) in [5.74, 6) is 1.16. The number of hydrogen-bond donors (Lipinski definition) is 0. The molecule has 0 heterocycles. The molecule has 0 saturated heterocycles. The van der Waals surface area contributed by atoms with Crippen molar-refractivity contribution in [3.05, 3.63) is 35.9 Å². The highest BCUT2D eigenvalue weighted by molar-refractivity contribution is 7.99. The molecule has 0 N–H and O–H groups in total. The number of benzene rings is 1. The third-order valence-electron chi connectivity index (χ3n) is 2.51. The monoisotopic (exact) mass is 233 g/mol. The lowest BCUT2D eigenvalue weighted by molar-refractivity contribution is 0.776. The molecule has 86 valence electrons. The predicted molar refractivity (Wildman–Crippen MR) is 71.4 cm³/mol. The van der Waals surface area contributed by atoms with Crippen molar-refractivity contribution >= 4 is 11.8 Å². The maximum atomic E-state index is 8.84. The molecule has 1 aromatic rings. The van der Waals surface area contributed by atoms with Crippen LogP contribution in [0.5, 0.6) is 0 Å². The number of rotatable bonds is 7. The summed E-state index contributed by atoms with van der Waals surface area (Å²) >= 11 is 1.92. The first-order valence-electron chi connectivity index (χ1n) is 5.92. The second-order valence-corrected chi connectivity index (χ2v) is 5.15. The van der Waals surface area contributed by atoms with Crippen LogP contribution in [0.2, 0.25) is 0 Å². The topological polar surface area (TPSA) is 23.8 Å². The van der Waals surface area contributed by atoms with Gasteiger partial charge in [0.2, 0.25) is 0 Å². The van der Waals surface area contributed by atoms with Crippen LogP contribution in [0.3, 0.4) is 0 Å². The Morgan fingerprint density at radius 2 is 2.00 bits per heavy atom. The Morgan fingerprint density at radius 3 is 2.62 bits per heavy atom. The maximum Gasteiger partial charge on any atom is 0.0636 e. The third kappa shape index (κ3) is 4.72. The van der Waals surface area contributed by atoms with Crippen LogP contribution in [0.4, 0.5) is 0 Å². The van der Waals surface area contributed by atoms with Crippen LogP contribution < -0.4 is 0 Å². The zero-order valence-corrected chi connectivity index (χ0v) is 10.7. The van der Waals surface area contributed by atoms with Gasteiger partial charge < -0.3 is 0 Å². The van der Waals surface area contributed by atoms with E-state index in [0.717, 1.165) is 5.75 Å². The minimum absolute atomic E-state index is 0.350. The molecular formula is C14H19NS. The summed E-state index contributed by atoms with van der Waals surface area (Å²) in [5, 5.41) is 9.19. The summed E-state index contributed by atoms with van der Waals surface area (Å²) < 4.78 is 0. The molecule has 0 aliphatic heterocycles. The van der Waals surface area contributed by atoms with Crippen molar-refractivity contribution < 1.29 is 0 Å². The number of thioether (sulfide) groups is 1. The van der Waals surface area contributed by atoms with Gasteiger partial charge in [-0.25, -0.2) is 0 Å². The molecule has 0 aromatic heterocycles. The first-order valence-corrected chi connectivity index (χ1v) is 6.97. The van der Waals surface area contributed by atoms with Gasteiger partial charge >= 0.3 is 0 Å². The lowest BCUT2D eigenvalue weighted by atomic mass is 10.1. The second kappa shape index (κ2) is 8.24. The average Bonchev–Trinajstić information content (AvgIpc) is 2.34. The summed E-state index contributed by atoms with van der Waals surface area (Å²) in [4.78, 5) is 0. The smallest absolute Gasteiger partial charge is 0.0636 e. The molecule has 1 aromatic carbocycles. The fraction of sp³-hybridized carbons (Fsp3) is 0.500. The molecule has 0 amide bonds. The van der Waals surface area contributed by atoms with Crippen molar-refractivity contribution in [2.24, 2.45) is 0 Å². The van der Waals surface area contributed by atoms with Gasteiger partial charge in [0.25, 0.3) is 0 Å². The number of unbranched alkanes of at least 4 members (excludes halogenated alkanes) is 2. The van der Waals surface area contributed by atoms with E-state index < -0.39 is 0 Å². The number of nitriles is 1. The van der Waals surface area contributed by atoms with Crippen LogP contribution >= 0.6 is 11.8 Å². The highest BCUT2D eigenvalue weighted by atomic mass is 32.2. The van der Waals surface area contributed by atoms with E-state index in [-0.39, 0.29) is 0 Å². The van der Waals surface area contributed by atoms with E-state index in [0.29, 0.717) is 11.7 Å². The molecule has 1 nitrogen and oxygen atoms in total. The van der Waals surface area contributed by atoms with Crippen molar-refractivity contribution in [3.63, 3.8) is 0 Å². The van der Waals surface area contributed by atoms with Gasteiger partial charge in [-0.3, -0.25) is 0 Å². The van der Waals surface area contributed by atoms with Gasteiger partial charge in [0, 0.05) is 5.25 Å². The molecule has 1 atom stereocenters. The van der Waals surface area contributed by atoms with Gasteiger partial charge in [0.15, 0.2) is 0 Å². The SMILES string of the molecule is CCCCCSC(CC#N)c1ccccc1. The highest BCUT2D eigenvalue weighted by Crippen LogP contribution is 2.32. The lowest BCUT2D eigenvalue weighted by Gasteiger charge is -2.13. The van der Waals surface area contributed by atoms with E-state index in [4.69, 9.17) is 5.26 Å². The molecule has 1 unspecified atom stereocenters. The van der Waals surface area contributed by atoms with E-state index in [2.05, 4.69) is 25.1 Å². The van der Waals surface area contributed by atoms with Crippen molar-refractivity contribution in [3.8, 4) is 6.07 Å². The Hall–Kier alpha value is -0.940. The van der Waals surface area contributed by atoms with Gasteiger partial charge in [0.05, 0.1) is 12.5 Å². The number of nitrogens with zero attached hydrogens (tertiary/aromatic N) is 1. The molecule has 0 saturated carbocycles. The normalized spacial score (nSPS) is 12.0. The van der Waals surface area contributed by atoms with Crippen molar-refractivity contribution in [2.45, 2.75) is 37.9 Å². The summed E-state index contributed by atoms with van der Waals surface area (Å²) in [6.07, 6.45) is 4.42. The van der Waals surface area contributed by atoms with E-state index in [9.17, 15) is 0 Å². The first kappa shape index (κ1) is 13.1. The van der Waals surface area contributed by atoms with Crippen LogP contribution in [0.15, 0.2) is 30.3 Å². The fourth-order valence-electron chi connectivity index (χ4n) is 1.60. The zero-order valence-electron chi connectivity index (χ0n) is 9.86. The minimum Gasteiger partial charge on any atom is -0.198 e. The third-order valence-corrected chi connectivity index (χ3v) is 3.88. The van der Waals surface area contributed by atoms with E-state index in [1.165, 1.54) is 24.8 Å². The Bertz CT molecular complexity index is 315. The molecule has 0 radical (unpaired) electrons.